The highest BCUT2D eigenvalue weighted by atomic mass is 16.8. The van der Waals surface area contributed by atoms with Crippen LogP contribution < -0.4 is 0 Å². The summed E-state index contributed by atoms with van der Waals surface area (Å²) >= 11 is 0. The van der Waals surface area contributed by atoms with Crippen LogP contribution in [-0.4, -0.2) is 103 Å². The Kier molecular flexibility index (Phi) is 9.41. The molecule has 0 bridgehead atoms. The van der Waals surface area contributed by atoms with Crippen molar-refractivity contribution in [1.29, 1.82) is 0 Å². The molecule has 3 N–H and O–H groups in total. The number of hydrogen-bond acceptors (Lipinski definition) is 10. The van der Waals surface area contributed by atoms with Gasteiger partial charge in [-0.3, -0.25) is 0 Å². The van der Waals surface area contributed by atoms with Crippen LogP contribution in [0.5, 0.6) is 0 Å². The van der Waals surface area contributed by atoms with E-state index >= 15 is 0 Å². The lowest BCUT2D eigenvalue weighted by atomic mass is 10.0. The molecule has 31 heavy (non-hydrogen) atoms. The molecule has 0 aliphatic carbocycles. The molecule has 3 aliphatic heterocycles. The average Bonchev–Trinajstić information content (AvgIpc) is 3.17. The van der Waals surface area contributed by atoms with E-state index < -0.39 is 48.4 Å². The van der Waals surface area contributed by atoms with Gasteiger partial charge in [0.2, 0.25) is 0 Å². The van der Waals surface area contributed by atoms with E-state index in [4.69, 9.17) is 33.2 Å². The fourth-order valence-electron chi connectivity index (χ4n) is 4.07. The van der Waals surface area contributed by atoms with Gasteiger partial charge in [0.25, 0.3) is 0 Å². The van der Waals surface area contributed by atoms with Crippen molar-refractivity contribution in [3.05, 3.63) is 12.7 Å². The predicted molar refractivity (Wildman–Crippen MR) is 109 cm³/mol. The summed E-state index contributed by atoms with van der Waals surface area (Å²) in [7, 11) is 3.02. The Morgan fingerprint density at radius 1 is 1.10 bits per heavy atom. The molecule has 3 rings (SSSR count). The van der Waals surface area contributed by atoms with Crippen molar-refractivity contribution in [3.63, 3.8) is 0 Å². The molecule has 10 nitrogen and oxygen atoms in total. The Morgan fingerprint density at radius 2 is 1.74 bits per heavy atom. The van der Waals surface area contributed by atoms with Crippen molar-refractivity contribution in [2.45, 2.75) is 94.7 Å². The summed E-state index contributed by atoms with van der Waals surface area (Å²) in [4.78, 5) is 0. The van der Waals surface area contributed by atoms with Gasteiger partial charge in [0.05, 0.1) is 19.3 Å². The first-order valence-electron chi connectivity index (χ1n) is 10.4. The third-order valence-corrected chi connectivity index (χ3v) is 5.31. The first-order chi connectivity index (χ1) is 14.5. The van der Waals surface area contributed by atoms with Crippen LogP contribution in [0.25, 0.3) is 0 Å². The van der Waals surface area contributed by atoms with Crippen LogP contribution >= 0.6 is 0 Å². The van der Waals surface area contributed by atoms with E-state index in [-0.39, 0.29) is 18.8 Å². The van der Waals surface area contributed by atoms with Crippen LogP contribution in [-0.2, 0) is 33.2 Å². The van der Waals surface area contributed by atoms with E-state index in [2.05, 4.69) is 6.58 Å². The zero-order chi connectivity index (χ0) is 23.4. The summed E-state index contributed by atoms with van der Waals surface area (Å²) in [5, 5.41) is 28.7. The maximum atomic E-state index is 9.94. The Morgan fingerprint density at radius 3 is 2.29 bits per heavy atom. The second-order valence-corrected chi connectivity index (χ2v) is 8.68. The minimum absolute atomic E-state index is 0.154. The lowest BCUT2D eigenvalue weighted by Crippen LogP contribution is -2.52. The molecule has 0 aromatic carbocycles. The van der Waals surface area contributed by atoms with Crippen molar-refractivity contribution >= 4 is 0 Å². The molecule has 3 saturated heterocycles. The maximum absolute atomic E-state index is 9.94. The van der Waals surface area contributed by atoms with E-state index in [0.29, 0.717) is 13.0 Å². The highest BCUT2D eigenvalue weighted by molar-refractivity contribution is 4.93. The maximum Gasteiger partial charge on any atom is 0.183 e. The molecule has 0 aromatic rings. The zero-order valence-corrected chi connectivity index (χ0v) is 19.2. The quantitative estimate of drug-likeness (QED) is 0.467. The molecular weight excluding hydrogens is 412 g/mol. The Labute approximate surface area is 184 Å². The first kappa shape index (κ1) is 26.6. The molecule has 0 amide bonds. The highest BCUT2D eigenvalue weighted by Gasteiger charge is 2.51. The lowest BCUT2D eigenvalue weighted by Gasteiger charge is -2.33. The number of rotatable bonds is 7. The van der Waals surface area contributed by atoms with E-state index in [1.165, 1.54) is 14.2 Å². The Hall–Kier alpha value is -0.660. The Bertz CT molecular complexity index is 568. The predicted octanol–water partition coefficient (Wildman–Crippen LogP) is 0.321. The van der Waals surface area contributed by atoms with Gasteiger partial charge in [0, 0.05) is 14.2 Å². The molecule has 10 heteroatoms. The second kappa shape index (κ2) is 11.0. The van der Waals surface area contributed by atoms with Gasteiger partial charge in [-0.05, 0) is 34.1 Å². The van der Waals surface area contributed by atoms with Crippen LogP contribution in [0.1, 0.15) is 34.1 Å². The van der Waals surface area contributed by atoms with Gasteiger partial charge in [0.1, 0.15) is 36.6 Å². The van der Waals surface area contributed by atoms with Gasteiger partial charge in [0.15, 0.2) is 17.9 Å². The van der Waals surface area contributed by atoms with Crippen LogP contribution in [0.2, 0.25) is 0 Å². The molecule has 0 aromatic heterocycles. The van der Waals surface area contributed by atoms with E-state index in [1.807, 2.05) is 13.8 Å². The topological polar surface area (TPSA) is 125 Å². The molecule has 0 spiro atoms. The van der Waals surface area contributed by atoms with Crippen LogP contribution in [0, 0.1) is 0 Å². The molecule has 3 heterocycles. The minimum atomic E-state index is -0.932. The monoisotopic (exact) mass is 450 g/mol. The molecule has 3 fully saturated rings. The summed E-state index contributed by atoms with van der Waals surface area (Å²) < 4.78 is 37.9. The standard InChI is InChI=1S/C12H22O5.C9H16O5/c1-5-6-8(14)10(15-4)11-9(7-13)16-12(2,3)17-11;1-9(2)13-5-4-12-8(10)7(11-3)6(5)14-9/h5,8-11,13-14H,1,6-7H2,2-4H3;5-8,10H,4H2,1-3H3/t8-,9-,10-,11?;5-,6?,7+,8?/m00/s1. The average molecular weight is 451 g/mol. The van der Waals surface area contributed by atoms with Crippen molar-refractivity contribution in [3.8, 4) is 0 Å². The summed E-state index contributed by atoms with van der Waals surface area (Å²) in [6, 6.07) is 0. The van der Waals surface area contributed by atoms with Gasteiger partial charge in [-0.2, -0.15) is 0 Å². The van der Waals surface area contributed by atoms with Crippen LogP contribution in [0.3, 0.4) is 0 Å². The van der Waals surface area contributed by atoms with E-state index in [0.717, 1.165) is 0 Å². The van der Waals surface area contributed by atoms with Crippen molar-refractivity contribution in [2.24, 2.45) is 0 Å². The third kappa shape index (κ3) is 6.67. The van der Waals surface area contributed by atoms with Gasteiger partial charge in [-0.1, -0.05) is 6.08 Å². The molecule has 0 radical (unpaired) electrons. The van der Waals surface area contributed by atoms with Gasteiger partial charge in [-0.25, -0.2) is 0 Å². The Balaban J connectivity index is 0.000000224. The summed E-state index contributed by atoms with van der Waals surface area (Å²) in [6.45, 7) is 11.0. The highest BCUT2D eigenvalue weighted by Crippen LogP contribution is 2.35. The van der Waals surface area contributed by atoms with E-state index in [1.54, 1.807) is 19.9 Å². The third-order valence-electron chi connectivity index (χ3n) is 5.31. The molecule has 182 valence electrons. The number of aliphatic hydroxyl groups excluding tert-OH is 3. The van der Waals surface area contributed by atoms with Crippen LogP contribution in [0.4, 0.5) is 0 Å². The molecule has 0 saturated carbocycles. The largest absolute Gasteiger partial charge is 0.394 e. The number of ether oxygens (including phenoxy) is 7. The smallest absolute Gasteiger partial charge is 0.183 e. The summed E-state index contributed by atoms with van der Waals surface area (Å²) in [5.74, 6) is -1.40. The number of methoxy groups -OCH3 is 2. The molecule has 3 unspecified atom stereocenters. The molecule has 3 aliphatic rings. The fourth-order valence-corrected chi connectivity index (χ4v) is 4.07. The fraction of sp³-hybridized carbons (Fsp3) is 0.905. The zero-order valence-electron chi connectivity index (χ0n) is 19.2. The normalized spacial score (nSPS) is 38.0. The first-order valence-corrected chi connectivity index (χ1v) is 10.4. The van der Waals surface area contributed by atoms with Gasteiger partial charge < -0.3 is 48.5 Å². The summed E-state index contributed by atoms with van der Waals surface area (Å²) in [5.41, 5.74) is 0. The SMILES string of the molecule is C=CC[C@H](O)[C@H](OC)C1OC(C)(C)O[C@H]1CO.CO[C@H]1C(O)OC[C@@H]2OC(C)(C)OC12. The van der Waals surface area contributed by atoms with Crippen molar-refractivity contribution in [1.82, 2.24) is 0 Å². The summed E-state index contributed by atoms with van der Waals surface area (Å²) in [6.07, 6.45) is -2.06. The van der Waals surface area contributed by atoms with Gasteiger partial charge >= 0.3 is 0 Å². The lowest BCUT2D eigenvalue weighted by molar-refractivity contribution is -0.238. The van der Waals surface area contributed by atoms with Gasteiger partial charge in [-0.15, -0.1) is 6.58 Å². The minimum Gasteiger partial charge on any atom is -0.394 e. The van der Waals surface area contributed by atoms with E-state index in [9.17, 15) is 15.3 Å². The number of aliphatic hydroxyl groups is 3. The van der Waals surface area contributed by atoms with Crippen molar-refractivity contribution < 1.29 is 48.5 Å². The molecular formula is C21H38O10. The number of fused-ring (bicyclic) bond motifs is 1. The van der Waals surface area contributed by atoms with Crippen molar-refractivity contribution in [2.75, 3.05) is 27.4 Å². The van der Waals surface area contributed by atoms with Crippen LogP contribution in [0.15, 0.2) is 12.7 Å². The number of hydrogen-bond donors (Lipinski definition) is 3. The second-order valence-electron chi connectivity index (χ2n) is 8.68. The molecule has 8 atom stereocenters.